The van der Waals surface area contributed by atoms with Crippen molar-refractivity contribution in [2.75, 3.05) is 0 Å². The minimum Gasteiger partial charge on any atom is -0.334 e. The van der Waals surface area contributed by atoms with Crippen molar-refractivity contribution in [3.05, 3.63) is 18.2 Å². The Bertz CT molecular complexity index is 363. The van der Waals surface area contributed by atoms with Crippen molar-refractivity contribution in [2.45, 2.75) is 97.7 Å². The van der Waals surface area contributed by atoms with Gasteiger partial charge in [-0.05, 0) is 27.2 Å². The average molecular weight is 293 g/mol. The number of hydrogen-bond acceptors (Lipinski definition) is 2. The molecule has 1 rings (SSSR count). The van der Waals surface area contributed by atoms with Crippen molar-refractivity contribution in [3.63, 3.8) is 0 Å². The topological polar surface area (TPSA) is 29.9 Å². The Hall–Kier alpha value is -0.830. The van der Waals surface area contributed by atoms with E-state index in [9.17, 15) is 0 Å². The van der Waals surface area contributed by atoms with Gasteiger partial charge >= 0.3 is 0 Å². The number of unbranched alkanes of at least 4 members (excludes halogenated alkanes) is 7. The van der Waals surface area contributed by atoms with Crippen LogP contribution in [0.2, 0.25) is 0 Å². The lowest BCUT2D eigenvalue weighted by molar-refractivity contribution is 0.409. The maximum absolute atomic E-state index is 4.47. The van der Waals surface area contributed by atoms with Gasteiger partial charge in [-0.15, -0.1) is 0 Å². The zero-order valence-electron chi connectivity index (χ0n) is 14.6. The molecule has 0 bridgehead atoms. The second kappa shape index (κ2) is 9.99. The number of nitrogens with zero attached hydrogens (tertiary/aromatic N) is 2. The van der Waals surface area contributed by atoms with Gasteiger partial charge in [0.15, 0.2) is 0 Å². The molecule has 1 aromatic heterocycles. The molecule has 0 unspecified atom stereocenters. The van der Waals surface area contributed by atoms with Gasteiger partial charge in [-0.1, -0.05) is 51.9 Å². The molecule has 0 radical (unpaired) electrons. The number of aryl methyl sites for hydroxylation is 1. The highest BCUT2D eigenvalue weighted by atomic mass is 15.1. The smallest absolute Gasteiger partial charge is 0.122 e. The van der Waals surface area contributed by atoms with E-state index in [-0.39, 0.29) is 5.54 Å². The van der Waals surface area contributed by atoms with Crippen LogP contribution >= 0.6 is 0 Å². The van der Waals surface area contributed by atoms with Crippen molar-refractivity contribution in [1.29, 1.82) is 0 Å². The second-order valence-electron chi connectivity index (χ2n) is 7.12. The fourth-order valence-electron chi connectivity index (χ4n) is 2.47. The molecule has 0 atom stereocenters. The fourth-order valence-corrected chi connectivity index (χ4v) is 2.47. The van der Waals surface area contributed by atoms with Crippen molar-refractivity contribution >= 4 is 0 Å². The molecule has 0 amide bonds. The third kappa shape index (κ3) is 8.92. The number of hydrogen-bond donors (Lipinski definition) is 1. The van der Waals surface area contributed by atoms with Crippen molar-refractivity contribution in [3.8, 4) is 0 Å². The van der Waals surface area contributed by atoms with Gasteiger partial charge in [0, 0.05) is 24.5 Å². The summed E-state index contributed by atoms with van der Waals surface area (Å²) in [7, 11) is 0. The highest BCUT2D eigenvalue weighted by molar-refractivity contribution is 4.93. The lowest BCUT2D eigenvalue weighted by atomic mass is 10.1. The predicted octanol–water partition coefficient (Wildman–Crippen LogP) is 4.91. The molecule has 0 aliphatic heterocycles. The first-order chi connectivity index (χ1) is 10.0. The summed E-state index contributed by atoms with van der Waals surface area (Å²) in [6, 6.07) is 0. The Balaban J connectivity index is 2.14. The number of nitrogens with one attached hydrogen (secondary N) is 1. The van der Waals surface area contributed by atoms with E-state index in [4.69, 9.17) is 0 Å². The van der Waals surface area contributed by atoms with Crippen LogP contribution in [-0.4, -0.2) is 15.1 Å². The zero-order chi connectivity index (χ0) is 15.6. The zero-order valence-corrected chi connectivity index (χ0v) is 14.6. The van der Waals surface area contributed by atoms with Crippen LogP contribution in [0.4, 0.5) is 0 Å². The van der Waals surface area contributed by atoms with Crippen LogP contribution in [0.5, 0.6) is 0 Å². The average Bonchev–Trinajstić information content (AvgIpc) is 2.86. The van der Waals surface area contributed by atoms with Gasteiger partial charge in [-0.25, -0.2) is 4.98 Å². The molecule has 0 saturated heterocycles. The molecular formula is C18H35N3. The van der Waals surface area contributed by atoms with Crippen molar-refractivity contribution in [1.82, 2.24) is 14.9 Å². The summed E-state index contributed by atoms with van der Waals surface area (Å²) in [6.07, 6.45) is 15.0. The maximum atomic E-state index is 4.47. The molecule has 0 aliphatic rings. The summed E-state index contributed by atoms with van der Waals surface area (Å²) < 4.78 is 2.30. The largest absolute Gasteiger partial charge is 0.334 e. The lowest BCUT2D eigenvalue weighted by Gasteiger charge is -2.20. The quantitative estimate of drug-likeness (QED) is 0.587. The van der Waals surface area contributed by atoms with E-state index in [0.29, 0.717) is 0 Å². The second-order valence-corrected chi connectivity index (χ2v) is 7.12. The number of aromatic nitrogens is 2. The third-order valence-corrected chi connectivity index (χ3v) is 3.83. The van der Waals surface area contributed by atoms with E-state index in [1.165, 1.54) is 51.4 Å². The first kappa shape index (κ1) is 18.2. The molecular weight excluding hydrogens is 258 g/mol. The first-order valence-electron chi connectivity index (χ1n) is 8.78. The predicted molar refractivity (Wildman–Crippen MR) is 91.4 cm³/mol. The third-order valence-electron chi connectivity index (χ3n) is 3.83. The minimum atomic E-state index is 0.148. The van der Waals surface area contributed by atoms with Gasteiger partial charge in [0.25, 0.3) is 0 Å². The van der Waals surface area contributed by atoms with E-state index in [1.807, 2.05) is 6.20 Å². The Morgan fingerprint density at radius 2 is 1.62 bits per heavy atom. The maximum Gasteiger partial charge on any atom is 0.122 e. The van der Waals surface area contributed by atoms with Gasteiger partial charge < -0.3 is 9.88 Å². The summed E-state index contributed by atoms with van der Waals surface area (Å²) in [5.41, 5.74) is 0.148. The summed E-state index contributed by atoms with van der Waals surface area (Å²) in [6.45, 7) is 10.8. The van der Waals surface area contributed by atoms with E-state index in [2.05, 4.69) is 48.8 Å². The Kier molecular flexibility index (Phi) is 8.67. The molecule has 0 aliphatic carbocycles. The molecule has 1 aromatic rings. The lowest BCUT2D eigenvalue weighted by Crippen LogP contribution is -2.35. The van der Waals surface area contributed by atoms with Gasteiger partial charge in [0.2, 0.25) is 0 Å². The van der Waals surface area contributed by atoms with Gasteiger partial charge in [0.05, 0.1) is 6.54 Å². The van der Waals surface area contributed by atoms with E-state index >= 15 is 0 Å². The molecule has 21 heavy (non-hydrogen) atoms. The number of rotatable bonds is 11. The minimum absolute atomic E-state index is 0.148. The van der Waals surface area contributed by atoms with Crippen LogP contribution in [0, 0.1) is 0 Å². The van der Waals surface area contributed by atoms with Crippen LogP contribution in [0.25, 0.3) is 0 Å². The molecule has 0 fully saturated rings. The van der Waals surface area contributed by atoms with E-state index < -0.39 is 0 Å². The summed E-state index contributed by atoms with van der Waals surface area (Å²) in [4.78, 5) is 4.47. The Labute approximate surface area is 131 Å². The van der Waals surface area contributed by atoms with Crippen LogP contribution in [0.3, 0.4) is 0 Å². The van der Waals surface area contributed by atoms with E-state index in [1.54, 1.807) is 0 Å². The van der Waals surface area contributed by atoms with Crippen LogP contribution < -0.4 is 5.32 Å². The van der Waals surface area contributed by atoms with Crippen molar-refractivity contribution in [2.24, 2.45) is 0 Å². The molecule has 3 heteroatoms. The van der Waals surface area contributed by atoms with Crippen LogP contribution in [-0.2, 0) is 13.1 Å². The Morgan fingerprint density at radius 1 is 1.00 bits per heavy atom. The fraction of sp³-hybridized carbons (Fsp3) is 0.833. The molecule has 3 nitrogen and oxygen atoms in total. The van der Waals surface area contributed by atoms with Gasteiger partial charge in [0.1, 0.15) is 5.82 Å². The molecule has 0 spiro atoms. The highest BCUT2D eigenvalue weighted by Gasteiger charge is 2.10. The Morgan fingerprint density at radius 3 is 2.24 bits per heavy atom. The molecule has 0 saturated carbocycles. The van der Waals surface area contributed by atoms with E-state index in [0.717, 1.165) is 18.9 Å². The summed E-state index contributed by atoms with van der Waals surface area (Å²) in [5.74, 6) is 1.16. The molecule has 0 aromatic carbocycles. The van der Waals surface area contributed by atoms with Crippen LogP contribution in [0.1, 0.15) is 84.9 Å². The first-order valence-corrected chi connectivity index (χ1v) is 8.78. The number of imidazole rings is 1. The summed E-state index contributed by atoms with van der Waals surface area (Å²) in [5, 5.41) is 3.51. The summed E-state index contributed by atoms with van der Waals surface area (Å²) >= 11 is 0. The molecule has 1 N–H and O–H groups in total. The van der Waals surface area contributed by atoms with Crippen LogP contribution in [0.15, 0.2) is 12.4 Å². The van der Waals surface area contributed by atoms with Gasteiger partial charge in [-0.2, -0.15) is 0 Å². The SMILES string of the molecule is CCCCCCCCCCn1ccnc1CNC(C)(C)C. The van der Waals surface area contributed by atoms with Crippen molar-refractivity contribution < 1.29 is 0 Å². The molecule has 122 valence electrons. The standard InChI is InChI=1S/C18H35N3/c1-5-6-7-8-9-10-11-12-14-21-15-13-19-17(21)16-20-18(2,3)4/h13,15,20H,5-12,14,16H2,1-4H3. The highest BCUT2D eigenvalue weighted by Crippen LogP contribution is 2.10. The van der Waals surface area contributed by atoms with Gasteiger partial charge in [-0.3, -0.25) is 0 Å². The monoisotopic (exact) mass is 293 g/mol. The molecule has 1 heterocycles. The normalized spacial score (nSPS) is 12.0.